The van der Waals surface area contributed by atoms with Gasteiger partial charge < -0.3 is 29.7 Å². The third-order valence-corrected chi connectivity index (χ3v) is 0.697. The predicted octanol–water partition coefficient (Wildman–Crippen LogP) is -3.35. The minimum absolute atomic E-state index is 0. The molecule has 0 spiro atoms. The van der Waals surface area contributed by atoms with Crippen molar-refractivity contribution in [3.05, 3.63) is 0 Å². The fourth-order valence-corrected chi connectivity index (χ4v) is 0. The van der Waals surface area contributed by atoms with E-state index in [9.17, 15) is 0 Å². The molecule has 4 radical (unpaired) electrons. The Morgan fingerprint density at radius 1 is 1.57 bits per heavy atom. The minimum Gasteiger partial charge on any atom is -1.00 e. The first kappa shape index (κ1) is 15.8. The van der Waals surface area contributed by atoms with Gasteiger partial charge in [-0.2, -0.15) is 0 Å². The first-order valence-electron chi connectivity index (χ1n) is 2.10. The van der Waals surface area contributed by atoms with Crippen LogP contribution in [0.1, 0.15) is 20.3 Å². The second-order valence-electron chi connectivity index (χ2n) is 1.51. The van der Waals surface area contributed by atoms with Crippen molar-refractivity contribution in [1.29, 1.82) is 0 Å². The molecule has 0 amide bonds. The first-order valence-corrected chi connectivity index (χ1v) is 2.10. The molecule has 0 bridgehead atoms. The molecule has 3 N–H and O–H groups in total. The third-order valence-electron chi connectivity index (χ3n) is 0.697. The van der Waals surface area contributed by atoms with Gasteiger partial charge in [-0.25, -0.2) is 0 Å². The van der Waals surface area contributed by atoms with Crippen LogP contribution >= 0.6 is 0 Å². The molecule has 1 unspecified atom stereocenters. The van der Waals surface area contributed by atoms with Crippen LogP contribution in [0, 0.1) is 0 Å². The van der Waals surface area contributed by atoms with Crippen molar-refractivity contribution in [3.63, 3.8) is 0 Å². The largest absolute Gasteiger partial charge is 1.00 e. The predicted molar refractivity (Wildman–Crippen MR) is 28.4 cm³/mol. The maximum absolute atomic E-state index is 3.76. The Bertz CT molecular complexity index is 25.7. The van der Waals surface area contributed by atoms with Gasteiger partial charge in [-0.1, -0.05) is 6.92 Å². The van der Waals surface area contributed by atoms with E-state index in [0.29, 0.717) is 6.04 Å². The van der Waals surface area contributed by atoms with Gasteiger partial charge in [0.05, 0.1) is 6.04 Å². The maximum Gasteiger partial charge on any atom is 0.0812 e. The molecule has 0 aromatic heterocycles. The van der Waals surface area contributed by atoms with Crippen molar-refractivity contribution < 1.29 is 29.7 Å². The van der Waals surface area contributed by atoms with Gasteiger partial charge in [0.15, 0.2) is 0 Å². The number of hydrogen-bond donors (Lipinski definition) is 1. The van der Waals surface area contributed by atoms with E-state index in [1.165, 1.54) is 6.42 Å². The normalized spacial score (nSPS) is 10.7. The Morgan fingerprint density at radius 2 is 1.71 bits per heavy atom. The number of rotatable bonds is 1. The Hall–Kier alpha value is 1.49. The van der Waals surface area contributed by atoms with Crippen LogP contribution < -0.4 is 29.7 Å². The molecular weight excluding hydrogens is 308 g/mol. The van der Waals surface area contributed by atoms with Crippen LogP contribution in [-0.4, -0.2) is 29.9 Å². The summed E-state index contributed by atoms with van der Waals surface area (Å²) in [5.74, 6) is 0. The van der Waals surface area contributed by atoms with Gasteiger partial charge in [-0.05, 0) is 13.3 Å². The average Bonchev–Trinajstić information content (AvgIpc) is 1.38. The van der Waals surface area contributed by atoms with Crippen molar-refractivity contribution in [2.24, 2.45) is 0 Å². The summed E-state index contributed by atoms with van der Waals surface area (Å²) in [5, 5.41) is 0. The van der Waals surface area contributed by atoms with E-state index in [-0.39, 0.29) is 47.9 Å². The first-order chi connectivity index (χ1) is 2.27. The summed E-state index contributed by atoms with van der Waals surface area (Å²) in [7, 11) is 0. The van der Waals surface area contributed by atoms with Crippen LogP contribution in [0.15, 0.2) is 0 Å². The molecule has 0 rings (SSSR count). The molecular formula is C4H12INSn. The summed E-state index contributed by atoms with van der Waals surface area (Å²) in [5.41, 5.74) is 3.76. The average molecular weight is 320 g/mol. The maximum atomic E-state index is 3.76. The smallest absolute Gasteiger partial charge is 0.0812 e. The second-order valence-corrected chi connectivity index (χ2v) is 1.51. The molecule has 0 aromatic rings. The molecule has 1 nitrogen and oxygen atoms in total. The molecule has 0 aliphatic heterocycles. The molecule has 0 aromatic carbocycles. The van der Waals surface area contributed by atoms with E-state index in [1.54, 1.807) is 0 Å². The van der Waals surface area contributed by atoms with Crippen LogP contribution in [-0.2, 0) is 0 Å². The van der Waals surface area contributed by atoms with Gasteiger partial charge >= 0.3 is 0 Å². The van der Waals surface area contributed by atoms with Gasteiger partial charge in [0.1, 0.15) is 0 Å². The van der Waals surface area contributed by atoms with Gasteiger partial charge in [-0.15, -0.1) is 0 Å². The second kappa shape index (κ2) is 10.5. The zero-order chi connectivity index (χ0) is 4.28. The van der Waals surface area contributed by atoms with Crippen LogP contribution in [0.25, 0.3) is 0 Å². The molecule has 44 valence electrons. The summed E-state index contributed by atoms with van der Waals surface area (Å²) in [6.07, 6.45) is 1.19. The molecule has 0 saturated carbocycles. The standard InChI is InChI=1S/C4H11N.HI.Sn/c1-3-4(2)5;;/h4H,3,5H2,1-2H3;1H;. The molecule has 7 heavy (non-hydrogen) atoms. The van der Waals surface area contributed by atoms with Gasteiger partial charge in [0.25, 0.3) is 0 Å². The Labute approximate surface area is 79.4 Å². The number of hydrogen-bond acceptors (Lipinski definition) is 0. The van der Waals surface area contributed by atoms with Gasteiger partial charge in [0, 0.05) is 23.9 Å². The van der Waals surface area contributed by atoms with Crippen molar-refractivity contribution in [1.82, 2.24) is 0 Å². The summed E-state index contributed by atoms with van der Waals surface area (Å²) < 4.78 is 0. The van der Waals surface area contributed by atoms with Crippen LogP contribution in [0.4, 0.5) is 0 Å². The van der Waals surface area contributed by atoms with Gasteiger partial charge in [-0.3, -0.25) is 0 Å². The summed E-state index contributed by atoms with van der Waals surface area (Å²) in [6, 6.07) is 0.634. The quantitative estimate of drug-likeness (QED) is 0.386. The Kier molecular flexibility index (Phi) is 23.6. The molecule has 1 atom stereocenters. The van der Waals surface area contributed by atoms with Crippen molar-refractivity contribution in [2.75, 3.05) is 0 Å². The molecule has 0 heterocycles. The fraction of sp³-hybridized carbons (Fsp3) is 1.00. The van der Waals surface area contributed by atoms with Crippen LogP contribution in [0.5, 0.6) is 0 Å². The van der Waals surface area contributed by atoms with E-state index in [0.717, 1.165) is 0 Å². The number of quaternary nitrogens is 1. The zero-order valence-corrected chi connectivity index (χ0v) is 9.88. The zero-order valence-electron chi connectivity index (χ0n) is 4.87. The minimum atomic E-state index is 0. The van der Waals surface area contributed by atoms with Crippen LogP contribution in [0.3, 0.4) is 0 Å². The molecule has 0 aliphatic rings. The summed E-state index contributed by atoms with van der Waals surface area (Å²) >= 11 is 0. The molecule has 0 fully saturated rings. The van der Waals surface area contributed by atoms with Crippen molar-refractivity contribution in [3.8, 4) is 0 Å². The Morgan fingerprint density at radius 3 is 1.71 bits per heavy atom. The van der Waals surface area contributed by atoms with Crippen LogP contribution in [0.2, 0.25) is 0 Å². The topological polar surface area (TPSA) is 27.6 Å². The van der Waals surface area contributed by atoms with Crippen molar-refractivity contribution >= 4 is 23.9 Å². The Balaban J connectivity index is -0.0000000800. The SMILES string of the molecule is CCC(C)[NH3+].[I-].[Sn]. The van der Waals surface area contributed by atoms with E-state index >= 15 is 0 Å². The number of halogens is 1. The monoisotopic (exact) mass is 321 g/mol. The fourth-order valence-electron chi connectivity index (χ4n) is 0. The molecule has 3 heteroatoms. The van der Waals surface area contributed by atoms with E-state index in [4.69, 9.17) is 0 Å². The van der Waals surface area contributed by atoms with E-state index < -0.39 is 0 Å². The van der Waals surface area contributed by atoms with E-state index in [1.807, 2.05) is 0 Å². The van der Waals surface area contributed by atoms with Crippen molar-refractivity contribution in [2.45, 2.75) is 26.3 Å². The molecule has 0 aliphatic carbocycles. The van der Waals surface area contributed by atoms with Gasteiger partial charge in [0.2, 0.25) is 0 Å². The molecule has 0 saturated heterocycles. The summed E-state index contributed by atoms with van der Waals surface area (Å²) in [6.45, 7) is 4.25. The van der Waals surface area contributed by atoms with E-state index in [2.05, 4.69) is 19.6 Å². The summed E-state index contributed by atoms with van der Waals surface area (Å²) in [4.78, 5) is 0. The third kappa shape index (κ3) is 18.5.